The van der Waals surface area contributed by atoms with Crippen molar-refractivity contribution in [2.45, 2.75) is 32.1 Å². The molecule has 1 aliphatic carbocycles. The van der Waals surface area contributed by atoms with Crippen LogP contribution in [0.2, 0.25) is 0 Å². The lowest BCUT2D eigenvalue weighted by molar-refractivity contribution is 0.587. The number of piperidine rings is 1. The van der Waals surface area contributed by atoms with Crippen molar-refractivity contribution in [1.29, 1.82) is 0 Å². The molecule has 2 heteroatoms. The topological polar surface area (TPSA) is 12.0 Å². The number of fused-ring (bicyclic) bond motifs is 1. The Morgan fingerprint density at radius 2 is 1.76 bits per heavy atom. The van der Waals surface area contributed by atoms with Gasteiger partial charge >= 0.3 is 0 Å². The summed E-state index contributed by atoms with van der Waals surface area (Å²) in [6.07, 6.45) is 0. The number of nitrogens with one attached hydrogen (secondary N) is 1. The van der Waals surface area contributed by atoms with Gasteiger partial charge in [0.15, 0.2) is 0 Å². The lowest BCUT2D eigenvalue weighted by atomic mass is 9.85. The second kappa shape index (κ2) is 3.95. The van der Waals surface area contributed by atoms with E-state index in [1.807, 2.05) is 0 Å². The molecule has 0 unspecified atom stereocenters. The predicted octanol–water partition coefficient (Wildman–Crippen LogP) is 3.52. The van der Waals surface area contributed by atoms with E-state index in [1.54, 1.807) is 5.56 Å². The number of hydrogen-bond donors (Lipinski definition) is 1. The van der Waals surface area contributed by atoms with Crippen molar-refractivity contribution < 1.29 is 0 Å². The summed E-state index contributed by atoms with van der Waals surface area (Å²) in [5, 5.41) is 3.48. The van der Waals surface area contributed by atoms with E-state index >= 15 is 0 Å². The van der Waals surface area contributed by atoms with Gasteiger partial charge in [0.25, 0.3) is 0 Å². The molecule has 1 aromatic carbocycles. The van der Waals surface area contributed by atoms with E-state index in [4.69, 9.17) is 0 Å². The van der Waals surface area contributed by atoms with Crippen molar-refractivity contribution in [3.05, 3.63) is 32.9 Å². The fraction of sp³-hybridized carbons (Fsp3) is 0.600. The molecule has 1 N–H and O–H groups in total. The standard InChI is InChI=1S/C15H20IN/c1-15(2,3)10-4-9(5-11(16)6-10)14-12-7-17-8-13(12)14/h4-6,12-14,17H,7-8H2,1-3H3/t12-,13+,14-. The Morgan fingerprint density at radius 3 is 2.35 bits per heavy atom. The normalized spacial score (nSPS) is 31.4. The summed E-state index contributed by atoms with van der Waals surface area (Å²) in [7, 11) is 0. The van der Waals surface area contributed by atoms with Crippen molar-refractivity contribution >= 4 is 22.6 Å². The number of hydrogen-bond acceptors (Lipinski definition) is 1. The molecule has 2 aliphatic rings. The van der Waals surface area contributed by atoms with Gasteiger partial charge in [0.2, 0.25) is 0 Å². The van der Waals surface area contributed by atoms with Gasteiger partial charge < -0.3 is 5.32 Å². The largest absolute Gasteiger partial charge is 0.316 e. The molecule has 1 nitrogen and oxygen atoms in total. The zero-order valence-electron chi connectivity index (χ0n) is 10.8. The van der Waals surface area contributed by atoms with Crippen LogP contribution >= 0.6 is 22.6 Å². The van der Waals surface area contributed by atoms with Crippen LogP contribution in [0.15, 0.2) is 18.2 Å². The zero-order chi connectivity index (χ0) is 12.2. The van der Waals surface area contributed by atoms with Crippen molar-refractivity contribution in [1.82, 2.24) is 5.32 Å². The molecule has 1 aliphatic heterocycles. The second-order valence-corrected chi connectivity index (χ2v) is 7.78. The minimum atomic E-state index is 0.262. The van der Waals surface area contributed by atoms with E-state index in [2.05, 4.69) is 66.9 Å². The van der Waals surface area contributed by atoms with Gasteiger partial charge in [0.1, 0.15) is 0 Å². The summed E-state index contributed by atoms with van der Waals surface area (Å²) in [4.78, 5) is 0. The lowest BCUT2D eigenvalue weighted by Crippen LogP contribution is -2.15. The van der Waals surface area contributed by atoms with Crippen molar-refractivity contribution in [3.63, 3.8) is 0 Å². The maximum Gasteiger partial charge on any atom is 0.0136 e. The minimum Gasteiger partial charge on any atom is -0.316 e. The summed E-state index contributed by atoms with van der Waals surface area (Å²) in [6.45, 7) is 9.36. The number of benzene rings is 1. The first-order chi connectivity index (χ1) is 7.97. The third kappa shape index (κ3) is 2.14. The van der Waals surface area contributed by atoms with Gasteiger partial charge in [0.05, 0.1) is 0 Å². The van der Waals surface area contributed by atoms with Crippen molar-refractivity contribution in [2.75, 3.05) is 13.1 Å². The molecule has 0 radical (unpaired) electrons. The molecule has 0 amide bonds. The van der Waals surface area contributed by atoms with E-state index in [1.165, 1.54) is 22.2 Å². The molecule has 17 heavy (non-hydrogen) atoms. The Balaban J connectivity index is 1.93. The second-order valence-electron chi connectivity index (χ2n) is 6.53. The molecule has 0 bridgehead atoms. The molecule has 1 saturated heterocycles. The van der Waals surface area contributed by atoms with Crippen LogP contribution in [-0.4, -0.2) is 13.1 Å². The maximum absolute atomic E-state index is 3.48. The monoisotopic (exact) mass is 341 g/mol. The Morgan fingerprint density at radius 1 is 1.12 bits per heavy atom. The van der Waals surface area contributed by atoms with E-state index in [0.29, 0.717) is 0 Å². The molecule has 0 aromatic heterocycles. The molecular formula is C15H20IN. The summed E-state index contributed by atoms with van der Waals surface area (Å²) < 4.78 is 1.39. The highest BCUT2D eigenvalue weighted by molar-refractivity contribution is 14.1. The zero-order valence-corrected chi connectivity index (χ0v) is 12.9. The molecule has 3 rings (SSSR count). The third-order valence-electron chi connectivity index (χ3n) is 4.26. The first-order valence-corrected chi connectivity index (χ1v) is 7.56. The van der Waals surface area contributed by atoms with Crippen LogP contribution in [0.25, 0.3) is 0 Å². The highest BCUT2D eigenvalue weighted by Crippen LogP contribution is 2.56. The lowest BCUT2D eigenvalue weighted by Gasteiger charge is -2.21. The molecule has 1 aromatic rings. The third-order valence-corrected chi connectivity index (χ3v) is 4.89. The molecule has 3 atom stereocenters. The maximum atomic E-state index is 3.48. The molecule has 0 spiro atoms. The molecule has 1 saturated carbocycles. The van der Waals surface area contributed by atoms with E-state index < -0.39 is 0 Å². The van der Waals surface area contributed by atoms with Gasteiger partial charge in [-0.3, -0.25) is 0 Å². The van der Waals surface area contributed by atoms with Gasteiger partial charge in [-0.1, -0.05) is 26.8 Å². The number of rotatable bonds is 1. The minimum absolute atomic E-state index is 0.262. The Kier molecular flexibility index (Phi) is 2.78. The van der Waals surface area contributed by atoms with Crippen LogP contribution in [0.3, 0.4) is 0 Å². The first kappa shape index (κ1) is 12.0. The van der Waals surface area contributed by atoms with Crippen LogP contribution in [0.5, 0.6) is 0 Å². The molecule has 2 fully saturated rings. The van der Waals surface area contributed by atoms with Crippen molar-refractivity contribution in [3.8, 4) is 0 Å². The van der Waals surface area contributed by atoms with Gasteiger partial charge in [0, 0.05) is 3.57 Å². The quantitative estimate of drug-likeness (QED) is 0.771. The molecule has 92 valence electrons. The smallest absolute Gasteiger partial charge is 0.0136 e. The summed E-state index contributed by atoms with van der Waals surface area (Å²) in [5.41, 5.74) is 3.33. The van der Waals surface area contributed by atoms with E-state index in [-0.39, 0.29) is 5.41 Å². The highest BCUT2D eigenvalue weighted by Gasteiger charge is 2.53. The molecular weight excluding hydrogens is 321 g/mol. The molecule has 1 heterocycles. The average molecular weight is 341 g/mol. The fourth-order valence-corrected chi connectivity index (χ4v) is 3.85. The SMILES string of the molecule is CC(C)(C)c1cc(I)cc([C@@H]2[C@@H]3CNC[C@@H]32)c1. The van der Waals surface area contributed by atoms with Gasteiger partial charge in [-0.05, 0) is 82.1 Å². The van der Waals surface area contributed by atoms with E-state index in [9.17, 15) is 0 Å². The fourth-order valence-electron chi connectivity index (χ4n) is 3.15. The number of halogens is 1. The van der Waals surface area contributed by atoms with Gasteiger partial charge in [-0.15, -0.1) is 0 Å². The first-order valence-electron chi connectivity index (χ1n) is 6.48. The van der Waals surface area contributed by atoms with Crippen molar-refractivity contribution in [2.24, 2.45) is 11.8 Å². The average Bonchev–Trinajstić information content (AvgIpc) is 2.70. The van der Waals surface area contributed by atoms with E-state index in [0.717, 1.165) is 17.8 Å². The Bertz CT molecular complexity index is 437. The van der Waals surface area contributed by atoms with Crippen LogP contribution in [0.1, 0.15) is 37.8 Å². The van der Waals surface area contributed by atoms with Crippen LogP contribution in [0, 0.1) is 15.4 Å². The van der Waals surface area contributed by atoms with Crippen LogP contribution < -0.4 is 5.32 Å². The van der Waals surface area contributed by atoms with Gasteiger partial charge in [-0.2, -0.15) is 0 Å². The summed E-state index contributed by atoms with van der Waals surface area (Å²) in [5.74, 6) is 2.68. The predicted molar refractivity (Wildman–Crippen MR) is 80.4 cm³/mol. The highest BCUT2D eigenvalue weighted by atomic mass is 127. The van der Waals surface area contributed by atoms with Crippen LogP contribution in [0.4, 0.5) is 0 Å². The summed E-state index contributed by atoms with van der Waals surface area (Å²) >= 11 is 2.46. The Hall–Kier alpha value is -0.0900. The van der Waals surface area contributed by atoms with Crippen LogP contribution in [-0.2, 0) is 5.41 Å². The Labute approximate surface area is 118 Å². The van der Waals surface area contributed by atoms with Gasteiger partial charge in [-0.25, -0.2) is 0 Å². The summed E-state index contributed by atoms with van der Waals surface area (Å²) in [6, 6.07) is 7.17.